The summed E-state index contributed by atoms with van der Waals surface area (Å²) < 4.78 is 9.99. The average molecular weight is 168 g/mol. The quantitative estimate of drug-likeness (QED) is 0.681. The van der Waals surface area contributed by atoms with Crippen molar-refractivity contribution in [3.05, 3.63) is 11.7 Å². The van der Waals surface area contributed by atoms with E-state index in [0.29, 0.717) is 12.4 Å². The molecular formula is C8H12N2O2. The van der Waals surface area contributed by atoms with Gasteiger partial charge in [-0.25, -0.2) is 0 Å². The Hall–Kier alpha value is -0.900. The molecule has 0 saturated heterocycles. The fraction of sp³-hybridized carbons (Fsp3) is 0.750. The van der Waals surface area contributed by atoms with Crippen molar-refractivity contribution < 1.29 is 9.26 Å². The van der Waals surface area contributed by atoms with Crippen molar-refractivity contribution >= 4 is 0 Å². The highest BCUT2D eigenvalue weighted by atomic mass is 16.5. The fourth-order valence-corrected chi connectivity index (χ4v) is 1.09. The molecule has 1 aliphatic carbocycles. The molecule has 0 radical (unpaired) electrons. The van der Waals surface area contributed by atoms with Crippen LogP contribution in [0.4, 0.5) is 0 Å². The van der Waals surface area contributed by atoms with Crippen molar-refractivity contribution in [3.63, 3.8) is 0 Å². The van der Waals surface area contributed by atoms with E-state index in [9.17, 15) is 0 Å². The maximum atomic E-state index is 5.10. The topological polar surface area (TPSA) is 48.2 Å². The third kappa shape index (κ3) is 1.22. The lowest BCUT2D eigenvalue weighted by Gasteiger charge is -1.96. The Labute approximate surface area is 70.9 Å². The van der Waals surface area contributed by atoms with Crippen molar-refractivity contribution in [2.75, 3.05) is 7.11 Å². The number of aromatic nitrogens is 2. The van der Waals surface area contributed by atoms with Crippen LogP contribution in [0, 0.1) is 0 Å². The predicted octanol–water partition coefficient (Wildman–Crippen LogP) is 1.27. The first-order valence-corrected chi connectivity index (χ1v) is 4.07. The van der Waals surface area contributed by atoms with E-state index in [2.05, 4.69) is 17.1 Å². The molecular weight excluding hydrogens is 156 g/mol. The van der Waals surface area contributed by atoms with E-state index in [1.165, 1.54) is 0 Å². The van der Waals surface area contributed by atoms with Gasteiger partial charge in [0.2, 0.25) is 5.89 Å². The Balaban J connectivity index is 2.13. The standard InChI is InChI=1S/C8H12N2O2/c1-8(3-4-8)7-9-6(5-11-2)10-12-7/h3-5H2,1-2H3. The first kappa shape index (κ1) is 7.73. The fourth-order valence-electron chi connectivity index (χ4n) is 1.09. The van der Waals surface area contributed by atoms with Gasteiger partial charge in [0.05, 0.1) is 0 Å². The molecule has 4 heteroatoms. The van der Waals surface area contributed by atoms with E-state index < -0.39 is 0 Å². The minimum Gasteiger partial charge on any atom is -0.377 e. The highest BCUT2D eigenvalue weighted by Crippen LogP contribution is 2.46. The van der Waals surface area contributed by atoms with Gasteiger partial charge in [-0.1, -0.05) is 12.1 Å². The lowest BCUT2D eigenvalue weighted by atomic mass is 10.1. The minimum absolute atomic E-state index is 0.166. The zero-order valence-electron chi connectivity index (χ0n) is 7.33. The number of hydrogen-bond acceptors (Lipinski definition) is 4. The predicted molar refractivity (Wildman–Crippen MR) is 41.6 cm³/mol. The Morgan fingerprint density at radius 1 is 1.58 bits per heavy atom. The van der Waals surface area contributed by atoms with Crippen LogP contribution < -0.4 is 0 Å². The molecule has 0 aromatic carbocycles. The Bertz CT molecular complexity index is 278. The second-order valence-corrected chi connectivity index (χ2v) is 3.51. The van der Waals surface area contributed by atoms with E-state index in [0.717, 1.165) is 18.7 Å². The molecule has 1 saturated carbocycles. The van der Waals surface area contributed by atoms with Gasteiger partial charge in [-0.15, -0.1) is 0 Å². The van der Waals surface area contributed by atoms with Crippen LogP contribution in [0.3, 0.4) is 0 Å². The third-order valence-electron chi connectivity index (χ3n) is 2.26. The number of methoxy groups -OCH3 is 1. The first-order chi connectivity index (χ1) is 5.74. The third-order valence-corrected chi connectivity index (χ3v) is 2.26. The van der Waals surface area contributed by atoms with Crippen LogP contribution in [0.5, 0.6) is 0 Å². The van der Waals surface area contributed by atoms with Gasteiger partial charge in [-0.05, 0) is 12.8 Å². The van der Waals surface area contributed by atoms with Gasteiger partial charge in [-0.2, -0.15) is 4.98 Å². The largest absolute Gasteiger partial charge is 0.377 e. The molecule has 1 aromatic rings. The molecule has 0 atom stereocenters. The summed E-state index contributed by atoms with van der Waals surface area (Å²) in [7, 11) is 1.62. The normalized spacial score (nSPS) is 19.5. The summed E-state index contributed by atoms with van der Waals surface area (Å²) in [5.41, 5.74) is 0.166. The van der Waals surface area contributed by atoms with Gasteiger partial charge < -0.3 is 9.26 Å². The van der Waals surface area contributed by atoms with Crippen LogP contribution in [-0.4, -0.2) is 17.3 Å². The van der Waals surface area contributed by atoms with Crippen LogP contribution in [0.1, 0.15) is 31.5 Å². The van der Waals surface area contributed by atoms with Crippen LogP contribution in [0.2, 0.25) is 0 Å². The van der Waals surface area contributed by atoms with Gasteiger partial charge in [0.1, 0.15) is 6.61 Å². The van der Waals surface area contributed by atoms with Gasteiger partial charge in [-0.3, -0.25) is 0 Å². The molecule has 12 heavy (non-hydrogen) atoms. The molecule has 66 valence electrons. The summed E-state index contributed by atoms with van der Waals surface area (Å²) in [6.45, 7) is 2.57. The molecule has 0 bridgehead atoms. The maximum Gasteiger partial charge on any atom is 0.232 e. The smallest absolute Gasteiger partial charge is 0.232 e. The van der Waals surface area contributed by atoms with Gasteiger partial charge in [0.25, 0.3) is 0 Å². The molecule has 0 unspecified atom stereocenters. The first-order valence-electron chi connectivity index (χ1n) is 4.07. The lowest BCUT2D eigenvalue weighted by molar-refractivity contribution is 0.174. The summed E-state index contributed by atoms with van der Waals surface area (Å²) in [5.74, 6) is 1.40. The molecule has 1 fully saturated rings. The zero-order chi connectivity index (χ0) is 8.60. The molecule has 1 aromatic heterocycles. The van der Waals surface area contributed by atoms with Gasteiger partial charge in [0.15, 0.2) is 5.82 Å². The number of ether oxygens (including phenoxy) is 1. The van der Waals surface area contributed by atoms with Crippen molar-refractivity contribution in [1.82, 2.24) is 10.1 Å². The Morgan fingerprint density at radius 2 is 2.33 bits per heavy atom. The summed E-state index contributed by atoms with van der Waals surface area (Å²) in [5, 5.41) is 3.80. The van der Waals surface area contributed by atoms with E-state index in [4.69, 9.17) is 9.26 Å². The second kappa shape index (κ2) is 2.55. The molecule has 0 amide bonds. The molecule has 0 spiro atoms. The summed E-state index contributed by atoms with van der Waals surface area (Å²) in [6, 6.07) is 0. The van der Waals surface area contributed by atoms with Crippen LogP contribution in [0.15, 0.2) is 4.52 Å². The molecule has 1 aliphatic rings. The number of hydrogen-bond donors (Lipinski definition) is 0. The van der Waals surface area contributed by atoms with Gasteiger partial charge in [0, 0.05) is 12.5 Å². The Kier molecular flexibility index (Phi) is 1.65. The molecule has 2 rings (SSSR count). The summed E-state index contributed by atoms with van der Waals surface area (Å²) in [4.78, 5) is 4.23. The van der Waals surface area contributed by atoms with Gasteiger partial charge >= 0.3 is 0 Å². The lowest BCUT2D eigenvalue weighted by Crippen LogP contribution is -2.00. The second-order valence-electron chi connectivity index (χ2n) is 3.51. The molecule has 0 aliphatic heterocycles. The average Bonchev–Trinajstić information content (AvgIpc) is 2.64. The van der Waals surface area contributed by atoms with Crippen molar-refractivity contribution in [2.45, 2.75) is 31.8 Å². The molecule has 4 nitrogen and oxygen atoms in total. The Morgan fingerprint density at radius 3 is 2.92 bits per heavy atom. The van der Waals surface area contributed by atoms with Crippen LogP contribution >= 0.6 is 0 Å². The van der Waals surface area contributed by atoms with E-state index >= 15 is 0 Å². The minimum atomic E-state index is 0.166. The van der Waals surface area contributed by atoms with E-state index in [1.807, 2.05) is 0 Å². The summed E-state index contributed by atoms with van der Waals surface area (Å²) in [6.07, 6.45) is 2.31. The van der Waals surface area contributed by atoms with E-state index in [1.54, 1.807) is 7.11 Å². The van der Waals surface area contributed by atoms with Crippen LogP contribution in [-0.2, 0) is 16.8 Å². The molecule has 0 N–H and O–H groups in total. The van der Waals surface area contributed by atoms with E-state index in [-0.39, 0.29) is 5.41 Å². The van der Waals surface area contributed by atoms with Crippen LogP contribution in [0.25, 0.3) is 0 Å². The van der Waals surface area contributed by atoms with Crippen molar-refractivity contribution in [1.29, 1.82) is 0 Å². The maximum absolute atomic E-state index is 5.10. The monoisotopic (exact) mass is 168 g/mol. The summed E-state index contributed by atoms with van der Waals surface area (Å²) >= 11 is 0. The number of rotatable bonds is 3. The highest BCUT2D eigenvalue weighted by Gasteiger charge is 2.44. The van der Waals surface area contributed by atoms with Crippen molar-refractivity contribution in [2.24, 2.45) is 0 Å². The SMILES string of the molecule is COCc1noc(C2(C)CC2)n1. The number of nitrogens with zero attached hydrogens (tertiary/aromatic N) is 2. The molecule has 1 heterocycles. The highest BCUT2D eigenvalue weighted by molar-refractivity contribution is 5.12. The zero-order valence-corrected chi connectivity index (χ0v) is 7.33. The van der Waals surface area contributed by atoms with Crippen molar-refractivity contribution in [3.8, 4) is 0 Å².